The van der Waals surface area contributed by atoms with Gasteiger partial charge in [0.2, 0.25) is 0 Å². The van der Waals surface area contributed by atoms with Crippen LogP contribution >= 0.6 is 7.60 Å². The molecule has 1 aromatic rings. The molecule has 5 nitrogen and oxygen atoms in total. The normalized spacial score (nSPS) is 25.2. The Balaban J connectivity index is 2.30. The average molecular weight is 282 g/mol. The number of hydrogen-bond acceptors (Lipinski definition) is 5. The first-order valence-electron chi connectivity index (χ1n) is 6.45. The summed E-state index contributed by atoms with van der Waals surface area (Å²) in [6.07, 6.45) is 2.11. The van der Waals surface area contributed by atoms with Crippen LogP contribution in [-0.2, 0) is 9.09 Å². The lowest BCUT2D eigenvalue weighted by Gasteiger charge is -2.31. The molecule has 2 atom stereocenters. The maximum Gasteiger partial charge on any atom is 0.408 e. The molecule has 0 spiro atoms. The predicted molar refractivity (Wildman–Crippen MR) is 73.7 cm³/mol. The summed E-state index contributed by atoms with van der Waals surface area (Å²) in [6, 6.07) is 9.06. The number of azo groups is 1. The van der Waals surface area contributed by atoms with Crippen LogP contribution in [0.25, 0.3) is 0 Å². The van der Waals surface area contributed by atoms with E-state index in [1.807, 2.05) is 25.1 Å². The molecule has 0 bridgehead atoms. The molecule has 104 valence electrons. The summed E-state index contributed by atoms with van der Waals surface area (Å²) >= 11 is 0. The summed E-state index contributed by atoms with van der Waals surface area (Å²) in [5.74, 6) is 0.533. The summed E-state index contributed by atoms with van der Waals surface area (Å²) in [7, 11) is -1.97. The lowest BCUT2D eigenvalue weighted by atomic mass is 10.1. The second-order valence-corrected chi connectivity index (χ2v) is 6.91. The van der Waals surface area contributed by atoms with Gasteiger partial charge in [-0.3, -0.25) is 0 Å². The van der Waals surface area contributed by atoms with Gasteiger partial charge in [-0.05, 0) is 18.6 Å². The van der Waals surface area contributed by atoms with Crippen molar-refractivity contribution in [2.24, 2.45) is 10.2 Å². The highest BCUT2D eigenvalue weighted by atomic mass is 31.2. The molecule has 1 heterocycles. The van der Waals surface area contributed by atoms with E-state index in [1.165, 1.54) is 7.11 Å². The van der Waals surface area contributed by atoms with Gasteiger partial charge in [-0.2, -0.15) is 10.2 Å². The molecule has 0 fully saturated rings. The first-order chi connectivity index (χ1) is 9.16. The minimum absolute atomic E-state index is 0.533. The van der Waals surface area contributed by atoms with Crippen LogP contribution in [-0.4, -0.2) is 18.9 Å². The van der Waals surface area contributed by atoms with Crippen molar-refractivity contribution < 1.29 is 13.6 Å². The fourth-order valence-corrected chi connectivity index (χ4v) is 4.30. The third-order valence-electron chi connectivity index (χ3n) is 3.24. The molecule has 0 N–H and O–H groups in total. The highest BCUT2D eigenvalue weighted by molar-refractivity contribution is 7.56. The Morgan fingerprint density at radius 2 is 2.11 bits per heavy atom. The number of hydrogen-bond donors (Lipinski definition) is 0. The summed E-state index contributed by atoms with van der Waals surface area (Å²) in [5.41, 5.74) is 0. The monoisotopic (exact) mass is 282 g/mol. The first kappa shape index (κ1) is 14.2. The topological polar surface area (TPSA) is 60.2 Å². The first-order valence-corrected chi connectivity index (χ1v) is 7.99. The molecule has 0 aliphatic carbocycles. The van der Waals surface area contributed by atoms with Gasteiger partial charge in [0.15, 0.2) is 5.28 Å². The molecule has 1 aromatic carbocycles. The van der Waals surface area contributed by atoms with Crippen LogP contribution < -0.4 is 4.52 Å². The van der Waals surface area contributed by atoms with E-state index in [1.54, 1.807) is 12.1 Å². The van der Waals surface area contributed by atoms with E-state index in [9.17, 15) is 4.57 Å². The molecule has 0 saturated heterocycles. The second kappa shape index (κ2) is 5.85. The molecular formula is C13H19N2O3P. The highest BCUT2D eigenvalue weighted by Gasteiger charge is 2.53. The smallest absolute Gasteiger partial charge is 0.408 e. The van der Waals surface area contributed by atoms with Crippen molar-refractivity contribution in [3.63, 3.8) is 0 Å². The molecule has 0 amide bonds. The number of benzene rings is 1. The van der Waals surface area contributed by atoms with Gasteiger partial charge >= 0.3 is 7.60 Å². The van der Waals surface area contributed by atoms with Gasteiger partial charge < -0.3 is 9.05 Å². The van der Waals surface area contributed by atoms with Crippen LogP contribution in [0.4, 0.5) is 0 Å². The summed E-state index contributed by atoms with van der Waals surface area (Å²) in [6.45, 7) is 2.60. The fraction of sp³-hybridized carbons (Fsp3) is 0.538. The maximum absolute atomic E-state index is 13.1. The molecule has 19 heavy (non-hydrogen) atoms. The van der Waals surface area contributed by atoms with Crippen molar-refractivity contribution in [2.45, 2.75) is 31.5 Å². The van der Waals surface area contributed by atoms with Crippen molar-refractivity contribution in [3.05, 3.63) is 30.3 Å². The Kier molecular flexibility index (Phi) is 4.38. The summed E-state index contributed by atoms with van der Waals surface area (Å²) in [5, 5.41) is 7.38. The third kappa shape index (κ3) is 2.72. The molecule has 1 aliphatic heterocycles. The van der Waals surface area contributed by atoms with Crippen LogP contribution in [0.1, 0.15) is 26.2 Å². The van der Waals surface area contributed by atoms with Gasteiger partial charge in [0, 0.05) is 13.5 Å². The van der Waals surface area contributed by atoms with E-state index in [-0.39, 0.29) is 0 Å². The van der Waals surface area contributed by atoms with Crippen LogP contribution in [0.15, 0.2) is 40.6 Å². The number of rotatable bonds is 6. The van der Waals surface area contributed by atoms with E-state index >= 15 is 0 Å². The maximum atomic E-state index is 13.1. The van der Waals surface area contributed by atoms with E-state index in [0.29, 0.717) is 25.1 Å². The average Bonchev–Trinajstić information content (AvgIpc) is 2.90. The van der Waals surface area contributed by atoms with Crippen molar-refractivity contribution >= 4 is 7.60 Å². The summed E-state index contributed by atoms with van der Waals surface area (Å²) in [4.78, 5) is 0. The number of nitrogens with zero attached hydrogens (tertiary/aromatic N) is 2. The zero-order chi connectivity index (χ0) is 13.8. The molecule has 2 unspecified atom stereocenters. The van der Waals surface area contributed by atoms with Crippen LogP contribution in [0.3, 0.4) is 0 Å². The van der Waals surface area contributed by atoms with E-state index < -0.39 is 12.9 Å². The summed E-state index contributed by atoms with van der Waals surface area (Å²) < 4.78 is 24.0. The Morgan fingerprint density at radius 3 is 2.63 bits per heavy atom. The fourth-order valence-electron chi connectivity index (χ4n) is 2.28. The third-order valence-corrected chi connectivity index (χ3v) is 5.73. The minimum atomic E-state index is -3.38. The van der Waals surface area contributed by atoms with Gasteiger partial charge in [0.25, 0.3) is 0 Å². The van der Waals surface area contributed by atoms with Gasteiger partial charge in [-0.1, -0.05) is 31.5 Å². The minimum Gasteiger partial charge on any atom is -0.423 e. The molecule has 0 radical (unpaired) electrons. The SMILES string of the molecule is CCCC1(P(=O)(OC)Oc2ccccc2)CCN=N1. The molecular weight excluding hydrogens is 263 g/mol. The van der Waals surface area contributed by atoms with E-state index in [0.717, 1.165) is 6.42 Å². The molecule has 0 saturated carbocycles. The van der Waals surface area contributed by atoms with Gasteiger partial charge in [-0.25, -0.2) is 4.57 Å². The molecule has 2 rings (SSSR count). The Bertz CT molecular complexity index is 492. The largest absolute Gasteiger partial charge is 0.423 e. The Labute approximate surface area is 113 Å². The Morgan fingerprint density at radius 1 is 1.37 bits per heavy atom. The van der Waals surface area contributed by atoms with Crippen molar-refractivity contribution in [3.8, 4) is 5.75 Å². The van der Waals surface area contributed by atoms with Gasteiger partial charge in [0.1, 0.15) is 5.75 Å². The predicted octanol–water partition coefficient (Wildman–Crippen LogP) is 4.26. The van der Waals surface area contributed by atoms with Gasteiger partial charge in [-0.15, -0.1) is 0 Å². The lowest BCUT2D eigenvalue weighted by molar-refractivity contribution is 0.280. The van der Waals surface area contributed by atoms with Crippen molar-refractivity contribution in [1.82, 2.24) is 0 Å². The highest BCUT2D eigenvalue weighted by Crippen LogP contribution is 2.64. The quantitative estimate of drug-likeness (QED) is 0.732. The van der Waals surface area contributed by atoms with E-state index in [2.05, 4.69) is 10.2 Å². The van der Waals surface area contributed by atoms with Crippen LogP contribution in [0.5, 0.6) is 5.75 Å². The standard InChI is InChI=1S/C13H19N2O3P/c1-3-9-13(10-11-14-15-13)19(16,17-2)18-12-7-5-4-6-8-12/h4-8H,3,9-11H2,1-2H3. The van der Waals surface area contributed by atoms with Crippen molar-refractivity contribution in [2.75, 3.05) is 13.7 Å². The molecule has 0 aromatic heterocycles. The zero-order valence-corrected chi connectivity index (χ0v) is 12.2. The van der Waals surface area contributed by atoms with Crippen LogP contribution in [0.2, 0.25) is 0 Å². The van der Waals surface area contributed by atoms with Crippen LogP contribution in [0, 0.1) is 0 Å². The van der Waals surface area contributed by atoms with Gasteiger partial charge in [0.05, 0.1) is 6.54 Å². The van der Waals surface area contributed by atoms with E-state index in [4.69, 9.17) is 9.05 Å². The second-order valence-electron chi connectivity index (χ2n) is 4.53. The zero-order valence-electron chi connectivity index (χ0n) is 11.3. The molecule has 1 aliphatic rings. The van der Waals surface area contributed by atoms with Crippen molar-refractivity contribution in [1.29, 1.82) is 0 Å². The lowest BCUT2D eigenvalue weighted by Crippen LogP contribution is -2.27. The Hall–Kier alpha value is -1.19. The number of para-hydroxylation sites is 1. The molecule has 6 heteroatoms.